The quantitative estimate of drug-likeness (QED) is 0.507. The lowest BCUT2D eigenvalue weighted by atomic mass is 9.84. The Hall–Kier alpha value is -2.67. The van der Waals surface area contributed by atoms with E-state index in [0.29, 0.717) is 17.7 Å². The van der Waals surface area contributed by atoms with Gasteiger partial charge in [0.1, 0.15) is 0 Å². The minimum absolute atomic E-state index is 0.337. The van der Waals surface area contributed by atoms with Gasteiger partial charge in [-0.25, -0.2) is 0 Å². The van der Waals surface area contributed by atoms with E-state index in [9.17, 15) is 0 Å². The summed E-state index contributed by atoms with van der Waals surface area (Å²) < 4.78 is 9.71. The molecule has 1 saturated heterocycles. The first-order valence-corrected chi connectivity index (χ1v) is 11.6. The van der Waals surface area contributed by atoms with Gasteiger partial charge in [0.25, 0.3) is 0 Å². The van der Waals surface area contributed by atoms with Gasteiger partial charge < -0.3 is 13.9 Å². The van der Waals surface area contributed by atoms with Crippen LogP contribution in [0, 0.1) is 5.41 Å². The topological polar surface area (TPSA) is 59.1 Å². The number of nitrogens with one attached hydrogen (secondary N) is 1. The Morgan fingerprint density at radius 2 is 1.72 bits per heavy atom. The van der Waals surface area contributed by atoms with Gasteiger partial charge in [-0.15, -0.1) is 0 Å². The van der Waals surface area contributed by atoms with Crippen LogP contribution in [0.25, 0.3) is 33.1 Å². The highest BCUT2D eigenvalue weighted by molar-refractivity contribution is 6.30. The number of benzene rings is 2. The fourth-order valence-electron chi connectivity index (χ4n) is 5.24. The van der Waals surface area contributed by atoms with Crippen LogP contribution in [0.1, 0.15) is 18.9 Å². The summed E-state index contributed by atoms with van der Waals surface area (Å²) in [5, 5.41) is 10.7. The van der Waals surface area contributed by atoms with E-state index in [4.69, 9.17) is 26.7 Å². The van der Waals surface area contributed by atoms with Gasteiger partial charge in [0.15, 0.2) is 0 Å². The molecule has 1 aliphatic carbocycles. The molecular weight excluding hydrogens is 422 g/mol. The first kappa shape index (κ1) is 20.0. The Bertz CT molecular complexity index is 1360. The van der Waals surface area contributed by atoms with Gasteiger partial charge in [0.2, 0.25) is 5.62 Å². The van der Waals surface area contributed by atoms with E-state index in [2.05, 4.69) is 27.7 Å². The van der Waals surface area contributed by atoms with Crippen LogP contribution >= 0.6 is 11.6 Å². The van der Waals surface area contributed by atoms with Crippen LogP contribution in [-0.4, -0.2) is 51.4 Å². The van der Waals surface area contributed by atoms with Gasteiger partial charge >= 0.3 is 0 Å². The molecule has 0 atom stereocenters. The third-order valence-corrected chi connectivity index (χ3v) is 7.41. The van der Waals surface area contributed by atoms with Crippen LogP contribution in [0.2, 0.25) is 5.02 Å². The number of hydrogen-bond acceptors (Lipinski definition) is 4. The lowest BCUT2D eigenvalue weighted by Crippen LogP contribution is -2.51. The molecule has 6 nitrogen and oxygen atoms in total. The second kappa shape index (κ2) is 7.73. The monoisotopic (exact) mass is 447 g/mol. The molecule has 0 bridgehead atoms. The molecule has 2 fully saturated rings. The predicted octanol–water partition coefficient (Wildman–Crippen LogP) is 4.36. The van der Waals surface area contributed by atoms with Crippen molar-refractivity contribution in [3.8, 4) is 11.1 Å². The van der Waals surface area contributed by atoms with Crippen LogP contribution < -0.4 is 5.62 Å². The van der Waals surface area contributed by atoms with Crippen molar-refractivity contribution in [3.63, 3.8) is 0 Å². The van der Waals surface area contributed by atoms with Gasteiger partial charge in [-0.3, -0.25) is 15.3 Å². The van der Waals surface area contributed by atoms with E-state index < -0.39 is 0 Å². The van der Waals surface area contributed by atoms with Crippen molar-refractivity contribution in [2.75, 3.05) is 26.3 Å². The van der Waals surface area contributed by atoms with E-state index in [-0.39, 0.29) is 0 Å². The van der Waals surface area contributed by atoms with Crippen LogP contribution in [0.3, 0.4) is 0 Å². The molecule has 2 aromatic carbocycles. The molecule has 0 radical (unpaired) electrons. The molecule has 32 heavy (non-hydrogen) atoms. The fourth-order valence-corrected chi connectivity index (χ4v) is 5.36. The average Bonchev–Trinajstić information content (AvgIpc) is 3.05. The highest BCUT2D eigenvalue weighted by Crippen LogP contribution is 2.39. The molecule has 3 heterocycles. The molecule has 2 aromatic heterocycles. The number of nitrogens with zero attached hydrogens (tertiary/aromatic N) is 4. The molecule has 1 N–H and O–H groups in total. The summed E-state index contributed by atoms with van der Waals surface area (Å²) in [6.07, 6.45) is 4.07. The van der Waals surface area contributed by atoms with Gasteiger partial charge in [-0.2, -0.15) is 0 Å². The summed E-state index contributed by atoms with van der Waals surface area (Å²) in [5.74, 6) is 0. The number of aryl methyl sites for hydroxylation is 1. The molecule has 7 heteroatoms. The van der Waals surface area contributed by atoms with Crippen molar-refractivity contribution < 1.29 is 4.74 Å². The van der Waals surface area contributed by atoms with Crippen molar-refractivity contribution in [2.45, 2.75) is 24.9 Å². The zero-order valence-corrected chi connectivity index (χ0v) is 18.8. The van der Waals surface area contributed by atoms with Gasteiger partial charge in [-0.1, -0.05) is 29.8 Å². The normalized spacial score (nSPS) is 21.8. The molecule has 0 spiro atoms. The summed E-state index contributed by atoms with van der Waals surface area (Å²) in [6.45, 7) is 3.69. The van der Waals surface area contributed by atoms with Gasteiger partial charge in [0.05, 0.1) is 36.0 Å². The minimum atomic E-state index is 0.337. The molecule has 4 aromatic rings. The fraction of sp³-hybridized carbons (Fsp3) is 0.360. The van der Waals surface area contributed by atoms with Crippen molar-refractivity contribution in [3.05, 3.63) is 59.3 Å². The second-order valence-electron chi connectivity index (χ2n) is 8.91. The van der Waals surface area contributed by atoms with E-state index in [1.165, 1.54) is 0 Å². The highest BCUT2D eigenvalue weighted by atomic mass is 35.5. The van der Waals surface area contributed by atoms with E-state index in [1.807, 2.05) is 42.1 Å². The Labute approximate surface area is 191 Å². The number of hydrogen-bond donors (Lipinski definition) is 1. The number of morpholine rings is 1. The zero-order chi connectivity index (χ0) is 21.8. The lowest BCUT2D eigenvalue weighted by molar-refractivity contribution is -0.0148. The van der Waals surface area contributed by atoms with E-state index in [0.717, 1.165) is 77.2 Å². The van der Waals surface area contributed by atoms with Crippen LogP contribution in [0.15, 0.2) is 48.7 Å². The first-order valence-electron chi connectivity index (χ1n) is 11.2. The maximum Gasteiger partial charge on any atom is 0.203 e. The van der Waals surface area contributed by atoms with Crippen LogP contribution in [-0.2, 0) is 11.8 Å². The Morgan fingerprint density at radius 3 is 2.47 bits per heavy atom. The molecule has 1 aliphatic heterocycles. The number of rotatable bonds is 3. The highest BCUT2D eigenvalue weighted by Gasteiger charge is 2.37. The summed E-state index contributed by atoms with van der Waals surface area (Å²) in [6, 6.07) is 15.3. The number of pyridine rings is 1. The largest absolute Gasteiger partial charge is 0.379 e. The Balaban J connectivity index is 1.45. The van der Waals surface area contributed by atoms with Gasteiger partial charge in [-0.05, 0) is 48.2 Å². The summed E-state index contributed by atoms with van der Waals surface area (Å²) in [5.41, 5.74) is 5.87. The third kappa shape index (κ3) is 3.17. The molecule has 6 rings (SSSR count). The Kier molecular flexibility index (Phi) is 4.82. The van der Waals surface area contributed by atoms with Crippen molar-refractivity contribution in [2.24, 2.45) is 7.05 Å². The summed E-state index contributed by atoms with van der Waals surface area (Å²) in [4.78, 5) is 7.25. The third-order valence-electron chi connectivity index (χ3n) is 7.16. The Morgan fingerprint density at radius 1 is 1.00 bits per heavy atom. The van der Waals surface area contributed by atoms with E-state index in [1.54, 1.807) is 0 Å². The van der Waals surface area contributed by atoms with Gasteiger partial charge in [0, 0.05) is 42.6 Å². The van der Waals surface area contributed by atoms with Crippen molar-refractivity contribution >= 4 is 33.5 Å². The number of fused-ring (bicyclic) bond motifs is 3. The van der Waals surface area contributed by atoms with Crippen molar-refractivity contribution in [1.82, 2.24) is 19.0 Å². The number of imidazole rings is 1. The maximum atomic E-state index is 8.87. The molecule has 2 aliphatic rings. The smallest absolute Gasteiger partial charge is 0.203 e. The SMILES string of the molecule is Cn1c(=N)n(C2CC(N3CCOCC3)C2)c2c3cc(-c4ccc(Cl)cc4)ccc3ncc21. The van der Waals surface area contributed by atoms with Crippen molar-refractivity contribution in [1.29, 1.82) is 5.41 Å². The maximum absolute atomic E-state index is 8.87. The van der Waals surface area contributed by atoms with Crippen LogP contribution in [0.5, 0.6) is 0 Å². The molecule has 1 saturated carbocycles. The molecule has 164 valence electrons. The number of halogens is 1. The standard InChI is InChI=1S/C25H26ClN5O/c1-29-23-15-28-22-7-4-17(16-2-5-18(26)6-3-16)12-21(22)24(23)31(25(29)27)20-13-19(14-20)30-8-10-32-11-9-30/h2-7,12,15,19-20,27H,8-11,13-14H2,1H3. The predicted molar refractivity (Wildman–Crippen MR) is 127 cm³/mol. The van der Waals surface area contributed by atoms with Crippen LogP contribution in [0.4, 0.5) is 0 Å². The first-order chi connectivity index (χ1) is 15.6. The number of aromatic nitrogens is 3. The number of ether oxygens (including phenoxy) is 1. The summed E-state index contributed by atoms with van der Waals surface area (Å²) >= 11 is 6.09. The second-order valence-corrected chi connectivity index (χ2v) is 9.35. The lowest BCUT2D eigenvalue weighted by Gasteiger charge is -2.44. The minimum Gasteiger partial charge on any atom is -0.379 e. The molecule has 0 unspecified atom stereocenters. The zero-order valence-electron chi connectivity index (χ0n) is 18.1. The molecule has 0 amide bonds. The molecular formula is C25H26ClN5O. The summed E-state index contributed by atoms with van der Waals surface area (Å²) in [7, 11) is 1.97. The van der Waals surface area contributed by atoms with E-state index >= 15 is 0 Å². The average molecular weight is 448 g/mol.